The lowest BCUT2D eigenvalue weighted by atomic mass is 10.1. The molecule has 6 rings (SSSR count). The standard InChI is InChI=1S/C28H30N6O2/c1-19-9-11-21(12-10-19)26-29-28-33(24-8-4-7-23(24)27(36)34(28)30-26)18-25(35)32-15-13-31(14-16-32)22-6-3-5-20(2)17-22/h3,5-6,9-12,17H,4,7-8,13-16,18H2,1-2H3. The third-order valence-corrected chi connectivity index (χ3v) is 7.40. The molecule has 2 aromatic heterocycles. The summed E-state index contributed by atoms with van der Waals surface area (Å²) in [7, 11) is 0. The Kier molecular flexibility index (Phi) is 5.59. The minimum atomic E-state index is -0.112. The molecule has 36 heavy (non-hydrogen) atoms. The van der Waals surface area contributed by atoms with Crippen LogP contribution in [-0.4, -0.2) is 56.2 Å². The average Bonchev–Trinajstić information content (AvgIpc) is 3.56. The van der Waals surface area contributed by atoms with E-state index in [2.05, 4.69) is 41.2 Å². The molecule has 1 saturated heterocycles. The van der Waals surface area contributed by atoms with Crippen LogP contribution in [0.2, 0.25) is 0 Å². The van der Waals surface area contributed by atoms with Crippen molar-refractivity contribution in [3.05, 3.63) is 81.3 Å². The molecule has 1 amide bonds. The second kappa shape index (κ2) is 8.93. The summed E-state index contributed by atoms with van der Waals surface area (Å²) in [6.07, 6.45) is 2.40. The zero-order chi connectivity index (χ0) is 24.8. The lowest BCUT2D eigenvalue weighted by Gasteiger charge is -2.36. The van der Waals surface area contributed by atoms with Gasteiger partial charge in [-0.1, -0.05) is 42.0 Å². The van der Waals surface area contributed by atoms with Gasteiger partial charge in [0.15, 0.2) is 5.82 Å². The normalized spacial score (nSPS) is 15.5. The fourth-order valence-electron chi connectivity index (χ4n) is 5.38. The van der Waals surface area contributed by atoms with E-state index in [4.69, 9.17) is 4.98 Å². The van der Waals surface area contributed by atoms with Crippen LogP contribution in [0.1, 0.15) is 28.8 Å². The van der Waals surface area contributed by atoms with Gasteiger partial charge in [0.2, 0.25) is 11.7 Å². The highest BCUT2D eigenvalue weighted by Gasteiger charge is 2.27. The van der Waals surface area contributed by atoms with Gasteiger partial charge in [-0.3, -0.25) is 9.59 Å². The van der Waals surface area contributed by atoms with E-state index in [-0.39, 0.29) is 18.0 Å². The van der Waals surface area contributed by atoms with Crippen LogP contribution in [0.25, 0.3) is 17.2 Å². The molecule has 0 bridgehead atoms. The minimum Gasteiger partial charge on any atom is -0.368 e. The largest absolute Gasteiger partial charge is 0.368 e. The highest BCUT2D eigenvalue weighted by Crippen LogP contribution is 2.24. The fourth-order valence-corrected chi connectivity index (χ4v) is 5.38. The van der Waals surface area contributed by atoms with Crippen molar-refractivity contribution in [1.29, 1.82) is 0 Å². The van der Waals surface area contributed by atoms with Crippen molar-refractivity contribution in [3.63, 3.8) is 0 Å². The number of anilines is 1. The number of rotatable bonds is 4. The van der Waals surface area contributed by atoms with Gasteiger partial charge in [-0.2, -0.15) is 9.50 Å². The zero-order valence-electron chi connectivity index (χ0n) is 20.8. The van der Waals surface area contributed by atoms with Gasteiger partial charge in [-0.15, -0.1) is 5.10 Å². The van der Waals surface area contributed by atoms with E-state index in [0.29, 0.717) is 31.1 Å². The van der Waals surface area contributed by atoms with E-state index in [1.165, 1.54) is 15.8 Å². The van der Waals surface area contributed by atoms with Crippen LogP contribution in [-0.2, 0) is 24.2 Å². The van der Waals surface area contributed by atoms with E-state index in [1.807, 2.05) is 40.7 Å². The van der Waals surface area contributed by atoms with Crippen LogP contribution < -0.4 is 10.5 Å². The first kappa shape index (κ1) is 22.5. The highest BCUT2D eigenvalue weighted by molar-refractivity contribution is 5.77. The average molecular weight is 483 g/mol. The number of nitrogens with zero attached hydrogens (tertiary/aromatic N) is 6. The van der Waals surface area contributed by atoms with Gasteiger partial charge >= 0.3 is 0 Å². The van der Waals surface area contributed by atoms with Crippen LogP contribution in [0.3, 0.4) is 0 Å². The number of hydrogen-bond donors (Lipinski definition) is 0. The predicted molar refractivity (Wildman–Crippen MR) is 139 cm³/mol. The molecule has 1 aliphatic heterocycles. The summed E-state index contributed by atoms with van der Waals surface area (Å²) in [6.45, 7) is 7.25. The Morgan fingerprint density at radius 3 is 2.47 bits per heavy atom. The molecule has 0 atom stereocenters. The predicted octanol–water partition coefficient (Wildman–Crippen LogP) is 3.01. The first-order valence-electron chi connectivity index (χ1n) is 12.7. The summed E-state index contributed by atoms with van der Waals surface area (Å²) >= 11 is 0. The van der Waals surface area contributed by atoms with Gasteiger partial charge in [-0.05, 0) is 50.8 Å². The Labute approximate surface area is 209 Å². The quantitative estimate of drug-likeness (QED) is 0.447. The molecule has 0 spiro atoms. The monoisotopic (exact) mass is 482 g/mol. The van der Waals surface area contributed by atoms with E-state index < -0.39 is 0 Å². The van der Waals surface area contributed by atoms with Gasteiger partial charge < -0.3 is 14.4 Å². The summed E-state index contributed by atoms with van der Waals surface area (Å²) in [6, 6.07) is 16.4. The third-order valence-electron chi connectivity index (χ3n) is 7.40. The Balaban J connectivity index is 1.28. The second-order valence-corrected chi connectivity index (χ2v) is 9.89. The molecule has 0 radical (unpaired) electrons. The maximum atomic E-state index is 13.5. The zero-order valence-corrected chi connectivity index (χ0v) is 20.8. The van der Waals surface area contributed by atoms with Crippen molar-refractivity contribution in [2.24, 2.45) is 0 Å². The lowest BCUT2D eigenvalue weighted by Crippen LogP contribution is -2.49. The number of fused-ring (bicyclic) bond motifs is 2. The summed E-state index contributed by atoms with van der Waals surface area (Å²) in [5.74, 6) is 1.00. The molecule has 8 heteroatoms. The molecule has 1 aliphatic carbocycles. The Bertz CT molecular complexity index is 1510. The van der Waals surface area contributed by atoms with Gasteiger partial charge in [0.1, 0.15) is 6.54 Å². The first-order chi connectivity index (χ1) is 17.5. The summed E-state index contributed by atoms with van der Waals surface area (Å²) in [5.41, 5.74) is 6.03. The van der Waals surface area contributed by atoms with Crippen LogP contribution >= 0.6 is 0 Å². The smallest absolute Gasteiger partial charge is 0.279 e. The molecule has 3 heterocycles. The third kappa shape index (κ3) is 3.96. The Hall–Kier alpha value is -3.94. The summed E-state index contributed by atoms with van der Waals surface area (Å²) in [4.78, 5) is 35.7. The highest BCUT2D eigenvalue weighted by atomic mass is 16.2. The fraction of sp³-hybridized carbons (Fsp3) is 0.357. The molecule has 1 fully saturated rings. The Morgan fingerprint density at radius 1 is 0.944 bits per heavy atom. The maximum Gasteiger partial charge on any atom is 0.279 e. The number of carbonyl (C=O) groups excluding carboxylic acids is 1. The molecule has 184 valence electrons. The molecule has 4 aromatic rings. The van der Waals surface area contributed by atoms with Crippen molar-refractivity contribution < 1.29 is 4.79 Å². The molecular weight excluding hydrogens is 452 g/mol. The first-order valence-corrected chi connectivity index (χ1v) is 12.7. The number of amides is 1. The SMILES string of the molecule is Cc1ccc(-c2nc3n(CC(=O)N4CCN(c5cccc(C)c5)CC4)c4c(c(=O)n3n2)CCC4)cc1. The van der Waals surface area contributed by atoms with Gasteiger partial charge in [0.05, 0.1) is 0 Å². The molecule has 0 N–H and O–H groups in total. The molecule has 2 aliphatic rings. The van der Waals surface area contributed by atoms with Crippen molar-refractivity contribution in [2.45, 2.75) is 39.7 Å². The van der Waals surface area contributed by atoms with Gasteiger partial charge in [0.25, 0.3) is 5.56 Å². The molecular formula is C28H30N6O2. The van der Waals surface area contributed by atoms with E-state index in [0.717, 1.165) is 48.3 Å². The van der Waals surface area contributed by atoms with E-state index >= 15 is 0 Å². The van der Waals surface area contributed by atoms with Crippen LogP contribution in [0.4, 0.5) is 5.69 Å². The maximum absolute atomic E-state index is 13.5. The second-order valence-electron chi connectivity index (χ2n) is 9.89. The number of benzene rings is 2. The number of hydrogen-bond acceptors (Lipinski definition) is 5. The van der Waals surface area contributed by atoms with Gasteiger partial charge in [-0.25, -0.2) is 0 Å². The van der Waals surface area contributed by atoms with Crippen LogP contribution in [0, 0.1) is 13.8 Å². The van der Waals surface area contributed by atoms with E-state index in [9.17, 15) is 9.59 Å². The number of piperazine rings is 1. The number of carbonyl (C=O) groups is 1. The molecule has 0 unspecified atom stereocenters. The van der Waals surface area contributed by atoms with Crippen molar-refractivity contribution in [1.82, 2.24) is 24.1 Å². The van der Waals surface area contributed by atoms with Crippen LogP contribution in [0.15, 0.2) is 53.3 Å². The van der Waals surface area contributed by atoms with Crippen LogP contribution in [0.5, 0.6) is 0 Å². The minimum absolute atomic E-state index is 0.0541. The number of aromatic nitrogens is 4. The number of aryl methyl sites for hydroxylation is 2. The molecule has 2 aromatic carbocycles. The Morgan fingerprint density at radius 2 is 1.72 bits per heavy atom. The topological polar surface area (TPSA) is 75.7 Å². The van der Waals surface area contributed by atoms with Crippen molar-refractivity contribution in [3.8, 4) is 11.4 Å². The lowest BCUT2D eigenvalue weighted by molar-refractivity contribution is -0.132. The van der Waals surface area contributed by atoms with E-state index in [1.54, 1.807) is 0 Å². The summed E-state index contributed by atoms with van der Waals surface area (Å²) in [5, 5.41) is 4.56. The van der Waals surface area contributed by atoms with Gasteiger partial charge in [0, 0.05) is 48.7 Å². The van der Waals surface area contributed by atoms with Crippen molar-refractivity contribution >= 4 is 17.4 Å². The van der Waals surface area contributed by atoms with Crippen molar-refractivity contribution in [2.75, 3.05) is 31.1 Å². The molecule has 8 nitrogen and oxygen atoms in total. The molecule has 0 saturated carbocycles. The summed E-state index contributed by atoms with van der Waals surface area (Å²) < 4.78 is 3.33.